The minimum absolute atomic E-state index is 1.14. The summed E-state index contributed by atoms with van der Waals surface area (Å²) in [6.07, 6.45) is 12.2. The van der Waals surface area contributed by atoms with Crippen molar-refractivity contribution in [2.45, 2.75) is 57.8 Å². The first-order valence-electron chi connectivity index (χ1n) is 4.96. The van der Waals surface area contributed by atoms with Crippen molar-refractivity contribution in [3.05, 3.63) is 0 Å². The fourth-order valence-corrected chi connectivity index (χ4v) is 0.957. The lowest BCUT2D eigenvalue weighted by Gasteiger charge is -1.97. The van der Waals surface area contributed by atoms with Gasteiger partial charge in [-0.1, -0.05) is 32.1 Å². The van der Waals surface area contributed by atoms with Gasteiger partial charge >= 0.3 is 0 Å². The van der Waals surface area contributed by atoms with E-state index in [0.717, 1.165) is 12.8 Å². The maximum absolute atomic E-state index is 3.14. The van der Waals surface area contributed by atoms with Crippen LogP contribution in [0.2, 0.25) is 0 Å². The molecule has 0 aliphatic heterocycles. The summed E-state index contributed by atoms with van der Waals surface area (Å²) in [5, 5.41) is 0. The van der Waals surface area contributed by atoms with Crippen molar-refractivity contribution in [3.63, 3.8) is 0 Å². The lowest BCUT2D eigenvalue weighted by Crippen LogP contribution is -1.80. The van der Waals surface area contributed by atoms with Crippen LogP contribution < -0.4 is 0 Å². The van der Waals surface area contributed by atoms with Crippen LogP contribution in [-0.4, -0.2) is 0 Å². The topological polar surface area (TPSA) is 0 Å². The molecule has 1 fully saturated rings. The van der Waals surface area contributed by atoms with Gasteiger partial charge in [0.25, 0.3) is 0 Å². The molecule has 0 heteroatoms. The van der Waals surface area contributed by atoms with Gasteiger partial charge in [0.05, 0.1) is 0 Å². The highest BCUT2D eigenvalue weighted by molar-refractivity contribution is 4.99. The molecule has 0 N–H and O–H groups in total. The normalized spacial score (nSPS) is 21.1. The van der Waals surface area contributed by atoms with Crippen LogP contribution in [0.15, 0.2) is 0 Å². The van der Waals surface area contributed by atoms with Crippen LogP contribution in [0.5, 0.6) is 0 Å². The summed E-state index contributed by atoms with van der Waals surface area (Å²) in [5.41, 5.74) is 0. The Morgan fingerprint density at radius 2 is 0.818 bits per heavy atom. The van der Waals surface area contributed by atoms with Gasteiger partial charge in [0, 0.05) is 12.8 Å². The molecule has 1 saturated carbocycles. The third-order valence-electron chi connectivity index (χ3n) is 1.83. The highest BCUT2D eigenvalue weighted by Crippen LogP contribution is 2.14. The summed E-state index contributed by atoms with van der Waals surface area (Å²) < 4.78 is 0. The molecule has 62 valence electrons. The van der Waals surface area contributed by atoms with E-state index in [1.54, 1.807) is 0 Å². The minimum Gasteiger partial charge on any atom is -0.103 e. The van der Waals surface area contributed by atoms with Crippen LogP contribution >= 0.6 is 0 Å². The molecule has 0 nitrogen and oxygen atoms in total. The predicted molar refractivity (Wildman–Crippen MR) is 49.3 cm³/mol. The van der Waals surface area contributed by atoms with Crippen LogP contribution in [0.25, 0.3) is 0 Å². The van der Waals surface area contributed by atoms with Crippen molar-refractivity contribution in [1.29, 1.82) is 0 Å². The first kappa shape index (κ1) is 8.65. The van der Waals surface area contributed by atoms with Gasteiger partial charge in [-0.3, -0.25) is 0 Å². The van der Waals surface area contributed by atoms with Gasteiger partial charge in [-0.05, 0) is 12.8 Å². The van der Waals surface area contributed by atoms with Crippen LogP contribution in [0.3, 0.4) is 0 Å². The SMILES string of the molecule is C1#CCCCCCC1.C1CC1. The van der Waals surface area contributed by atoms with Crippen molar-refractivity contribution in [3.8, 4) is 11.8 Å². The summed E-state index contributed by atoms with van der Waals surface area (Å²) in [6, 6.07) is 0. The monoisotopic (exact) mass is 150 g/mol. The maximum atomic E-state index is 3.14. The average molecular weight is 150 g/mol. The third-order valence-corrected chi connectivity index (χ3v) is 1.83. The summed E-state index contributed by atoms with van der Waals surface area (Å²) in [6.45, 7) is 0. The number of hydrogen-bond acceptors (Lipinski definition) is 0. The zero-order valence-corrected chi connectivity index (χ0v) is 7.36. The Morgan fingerprint density at radius 3 is 1.18 bits per heavy atom. The van der Waals surface area contributed by atoms with E-state index in [0.29, 0.717) is 0 Å². The van der Waals surface area contributed by atoms with Crippen molar-refractivity contribution in [1.82, 2.24) is 0 Å². The molecule has 0 spiro atoms. The predicted octanol–water partition coefficient (Wildman–Crippen LogP) is 3.51. The van der Waals surface area contributed by atoms with E-state index >= 15 is 0 Å². The Morgan fingerprint density at radius 1 is 0.455 bits per heavy atom. The van der Waals surface area contributed by atoms with E-state index in [9.17, 15) is 0 Å². The molecule has 2 aliphatic rings. The molecule has 0 aromatic heterocycles. The summed E-state index contributed by atoms with van der Waals surface area (Å²) >= 11 is 0. The Balaban J connectivity index is 0.000000167. The lowest BCUT2D eigenvalue weighted by molar-refractivity contribution is 0.652. The molecule has 0 atom stereocenters. The molecule has 0 heterocycles. The molecule has 0 saturated heterocycles. The molecule has 0 amide bonds. The zero-order valence-electron chi connectivity index (χ0n) is 7.36. The van der Waals surface area contributed by atoms with E-state index in [2.05, 4.69) is 11.8 Å². The largest absolute Gasteiger partial charge is 0.103 e. The molecule has 0 aromatic rings. The maximum Gasteiger partial charge on any atom is 0.00886 e. The van der Waals surface area contributed by atoms with Crippen molar-refractivity contribution >= 4 is 0 Å². The second-order valence-corrected chi connectivity index (χ2v) is 3.33. The van der Waals surface area contributed by atoms with Crippen molar-refractivity contribution in [2.24, 2.45) is 0 Å². The fraction of sp³-hybridized carbons (Fsp3) is 0.818. The van der Waals surface area contributed by atoms with Gasteiger partial charge in [0.2, 0.25) is 0 Å². The smallest absolute Gasteiger partial charge is 0.00886 e. The highest BCUT2D eigenvalue weighted by Gasteiger charge is 1.95. The van der Waals surface area contributed by atoms with Gasteiger partial charge in [-0.15, -0.1) is 11.8 Å². The lowest BCUT2D eigenvalue weighted by atomic mass is 10.1. The highest BCUT2D eigenvalue weighted by atomic mass is 14.0. The van der Waals surface area contributed by atoms with E-state index in [-0.39, 0.29) is 0 Å². The van der Waals surface area contributed by atoms with Crippen molar-refractivity contribution < 1.29 is 0 Å². The van der Waals surface area contributed by atoms with Crippen LogP contribution in [-0.2, 0) is 0 Å². The van der Waals surface area contributed by atoms with Gasteiger partial charge in [-0.25, -0.2) is 0 Å². The van der Waals surface area contributed by atoms with Gasteiger partial charge in [0.15, 0.2) is 0 Å². The van der Waals surface area contributed by atoms with Gasteiger partial charge in [0.1, 0.15) is 0 Å². The minimum atomic E-state index is 1.14. The summed E-state index contributed by atoms with van der Waals surface area (Å²) in [5.74, 6) is 6.27. The Hall–Kier alpha value is -0.440. The number of rotatable bonds is 0. The fourth-order valence-electron chi connectivity index (χ4n) is 0.957. The first-order chi connectivity index (χ1) is 5.50. The third kappa shape index (κ3) is 7.46. The van der Waals surface area contributed by atoms with Crippen LogP contribution in [0.1, 0.15) is 57.8 Å². The molecule has 0 aromatic carbocycles. The second kappa shape index (κ2) is 6.28. The van der Waals surface area contributed by atoms with E-state index in [1.165, 1.54) is 44.9 Å². The quantitative estimate of drug-likeness (QED) is 0.463. The Kier molecular flexibility index (Phi) is 4.94. The second-order valence-electron chi connectivity index (χ2n) is 3.33. The molecule has 11 heavy (non-hydrogen) atoms. The summed E-state index contributed by atoms with van der Waals surface area (Å²) in [4.78, 5) is 0. The number of hydrogen-bond donors (Lipinski definition) is 0. The molecule has 0 bridgehead atoms. The van der Waals surface area contributed by atoms with Crippen LogP contribution in [0.4, 0.5) is 0 Å². The van der Waals surface area contributed by atoms with Crippen molar-refractivity contribution in [2.75, 3.05) is 0 Å². The van der Waals surface area contributed by atoms with Crippen LogP contribution in [0, 0.1) is 11.8 Å². The van der Waals surface area contributed by atoms with Gasteiger partial charge < -0.3 is 0 Å². The molecule has 2 rings (SSSR count). The standard InChI is InChI=1S/C8H12.C3H6/c1-2-4-6-8-7-5-3-1;1-2-3-1/h1-6H2;1-3H2. The van der Waals surface area contributed by atoms with E-state index in [1.807, 2.05) is 0 Å². The molecule has 2 aliphatic carbocycles. The van der Waals surface area contributed by atoms with E-state index in [4.69, 9.17) is 0 Å². The molecule has 0 unspecified atom stereocenters. The first-order valence-corrected chi connectivity index (χ1v) is 4.96. The Labute approximate surface area is 70.4 Å². The molecular weight excluding hydrogens is 132 g/mol. The molecular formula is C11H18. The summed E-state index contributed by atoms with van der Waals surface area (Å²) in [7, 11) is 0. The van der Waals surface area contributed by atoms with E-state index < -0.39 is 0 Å². The molecule has 0 radical (unpaired) electrons. The Bertz CT molecular complexity index is 119. The van der Waals surface area contributed by atoms with Gasteiger partial charge in [-0.2, -0.15) is 0 Å². The average Bonchev–Trinajstić information content (AvgIpc) is 2.67. The zero-order chi connectivity index (χ0) is 7.78.